The van der Waals surface area contributed by atoms with Crippen LogP contribution in [-0.4, -0.2) is 11.0 Å². The smallest absolute Gasteiger partial charge is 0.140 e. The Balaban J connectivity index is 1.31. The molecule has 0 bridgehead atoms. The SMILES string of the molecule is Clc1ccc(-c2csc(COc3cccc(CNC4CCCCC4)c3)n2)cc1. The van der Waals surface area contributed by atoms with E-state index >= 15 is 0 Å². The number of aromatic nitrogens is 1. The van der Waals surface area contributed by atoms with Gasteiger partial charge in [0.05, 0.1) is 5.69 Å². The summed E-state index contributed by atoms with van der Waals surface area (Å²) >= 11 is 7.58. The first-order chi connectivity index (χ1) is 13.8. The summed E-state index contributed by atoms with van der Waals surface area (Å²) < 4.78 is 5.99. The number of halogens is 1. The van der Waals surface area contributed by atoms with Crippen LogP contribution in [0, 0.1) is 0 Å². The van der Waals surface area contributed by atoms with Crippen molar-refractivity contribution in [1.82, 2.24) is 10.3 Å². The van der Waals surface area contributed by atoms with Gasteiger partial charge < -0.3 is 10.1 Å². The van der Waals surface area contributed by atoms with E-state index in [1.165, 1.54) is 37.7 Å². The Morgan fingerprint density at radius 2 is 1.89 bits per heavy atom. The van der Waals surface area contributed by atoms with E-state index in [0.717, 1.165) is 33.6 Å². The number of benzene rings is 2. The fraction of sp³-hybridized carbons (Fsp3) is 0.348. The molecule has 1 saturated carbocycles. The molecule has 0 atom stereocenters. The average molecular weight is 413 g/mol. The molecular formula is C23H25ClN2OS. The Morgan fingerprint density at radius 3 is 2.71 bits per heavy atom. The van der Waals surface area contributed by atoms with Crippen LogP contribution < -0.4 is 10.1 Å². The molecule has 1 aliphatic rings. The minimum absolute atomic E-state index is 0.484. The highest BCUT2D eigenvalue weighted by atomic mass is 35.5. The van der Waals surface area contributed by atoms with E-state index in [-0.39, 0.29) is 0 Å². The Bertz CT molecular complexity index is 888. The zero-order valence-electron chi connectivity index (χ0n) is 15.9. The van der Waals surface area contributed by atoms with Crippen LogP contribution >= 0.6 is 22.9 Å². The fourth-order valence-corrected chi connectivity index (χ4v) is 4.43. The normalized spacial score (nSPS) is 14.9. The highest BCUT2D eigenvalue weighted by Gasteiger charge is 2.12. The first-order valence-corrected chi connectivity index (χ1v) is 11.2. The number of thiazole rings is 1. The summed E-state index contributed by atoms with van der Waals surface area (Å²) in [5.74, 6) is 0.895. The molecule has 28 heavy (non-hydrogen) atoms. The Morgan fingerprint density at radius 1 is 1.07 bits per heavy atom. The Hall–Kier alpha value is -1.88. The van der Waals surface area contributed by atoms with Crippen molar-refractivity contribution in [2.24, 2.45) is 0 Å². The third-order valence-electron chi connectivity index (χ3n) is 5.15. The van der Waals surface area contributed by atoms with Gasteiger partial charge in [0.1, 0.15) is 17.4 Å². The summed E-state index contributed by atoms with van der Waals surface area (Å²) in [6, 6.07) is 16.8. The van der Waals surface area contributed by atoms with E-state index in [1.807, 2.05) is 30.3 Å². The molecule has 146 valence electrons. The highest BCUT2D eigenvalue weighted by Crippen LogP contribution is 2.25. The van der Waals surface area contributed by atoms with Gasteiger partial charge in [0.25, 0.3) is 0 Å². The number of rotatable bonds is 7. The summed E-state index contributed by atoms with van der Waals surface area (Å²) in [5, 5.41) is 7.46. The lowest BCUT2D eigenvalue weighted by Gasteiger charge is -2.23. The fourth-order valence-electron chi connectivity index (χ4n) is 3.59. The minimum atomic E-state index is 0.484. The van der Waals surface area contributed by atoms with Gasteiger partial charge in [-0.1, -0.05) is 55.1 Å². The van der Waals surface area contributed by atoms with Crippen LogP contribution in [0.15, 0.2) is 53.9 Å². The van der Waals surface area contributed by atoms with Crippen LogP contribution in [0.1, 0.15) is 42.7 Å². The van der Waals surface area contributed by atoms with Crippen molar-refractivity contribution < 1.29 is 4.74 Å². The largest absolute Gasteiger partial charge is 0.486 e. The van der Waals surface area contributed by atoms with Crippen LogP contribution in [0.2, 0.25) is 5.02 Å². The van der Waals surface area contributed by atoms with Gasteiger partial charge in [0.15, 0.2) is 0 Å². The molecule has 1 N–H and O–H groups in total. The van der Waals surface area contributed by atoms with Gasteiger partial charge >= 0.3 is 0 Å². The number of ether oxygens (including phenoxy) is 1. The van der Waals surface area contributed by atoms with Crippen LogP contribution in [0.3, 0.4) is 0 Å². The molecule has 1 fully saturated rings. The van der Waals surface area contributed by atoms with E-state index in [9.17, 15) is 0 Å². The summed E-state index contributed by atoms with van der Waals surface area (Å²) in [4.78, 5) is 4.68. The van der Waals surface area contributed by atoms with Gasteiger partial charge in [-0.2, -0.15) is 0 Å². The van der Waals surface area contributed by atoms with Crippen LogP contribution in [0.4, 0.5) is 0 Å². The van der Waals surface area contributed by atoms with Gasteiger partial charge in [-0.05, 0) is 42.7 Å². The number of nitrogens with zero attached hydrogens (tertiary/aromatic N) is 1. The van der Waals surface area contributed by atoms with Gasteiger partial charge in [-0.3, -0.25) is 0 Å². The van der Waals surface area contributed by atoms with Crippen molar-refractivity contribution in [3.8, 4) is 17.0 Å². The van der Waals surface area contributed by atoms with E-state index < -0.39 is 0 Å². The van der Waals surface area contributed by atoms with Gasteiger partial charge in [0, 0.05) is 28.6 Å². The third-order valence-corrected chi connectivity index (χ3v) is 6.23. The first-order valence-electron chi connectivity index (χ1n) is 9.92. The predicted octanol–water partition coefficient (Wildman–Crippen LogP) is 6.46. The van der Waals surface area contributed by atoms with E-state index in [4.69, 9.17) is 16.3 Å². The summed E-state index contributed by atoms with van der Waals surface area (Å²) in [5.41, 5.74) is 3.30. The second kappa shape index (κ2) is 9.55. The monoisotopic (exact) mass is 412 g/mol. The van der Waals surface area contributed by atoms with Gasteiger partial charge in [0.2, 0.25) is 0 Å². The minimum Gasteiger partial charge on any atom is -0.486 e. The topological polar surface area (TPSA) is 34.1 Å². The first kappa shape index (κ1) is 19.4. The number of hydrogen-bond acceptors (Lipinski definition) is 4. The van der Waals surface area contributed by atoms with E-state index in [0.29, 0.717) is 12.6 Å². The molecule has 3 aromatic rings. The average Bonchev–Trinajstić information content (AvgIpc) is 3.21. The third kappa shape index (κ3) is 5.34. The van der Waals surface area contributed by atoms with E-state index in [2.05, 4.69) is 33.9 Å². The van der Waals surface area contributed by atoms with Crippen LogP contribution in [0.25, 0.3) is 11.3 Å². The van der Waals surface area contributed by atoms with Crippen molar-refractivity contribution in [3.05, 3.63) is 69.5 Å². The molecule has 0 spiro atoms. The zero-order chi connectivity index (χ0) is 19.2. The maximum atomic E-state index is 5.99. The Kier molecular flexibility index (Phi) is 6.63. The summed E-state index contributed by atoms with van der Waals surface area (Å²) in [6.07, 6.45) is 6.70. The quantitative estimate of drug-likeness (QED) is 0.483. The highest BCUT2D eigenvalue weighted by molar-refractivity contribution is 7.09. The molecule has 0 unspecified atom stereocenters. The van der Waals surface area contributed by atoms with Crippen molar-refractivity contribution in [2.75, 3.05) is 0 Å². The number of hydrogen-bond donors (Lipinski definition) is 1. The molecule has 0 saturated heterocycles. The van der Waals surface area contributed by atoms with Crippen molar-refractivity contribution in [2.45, 2.75) is 51.3 Å². The molecule has 0 radical (unpaired) electrons. The Labute approximate surface area is 175 Å². The maximum absolute atomic E-state index is 5.99. The van der Waals surface area contributed by atoms with Crippen LogP contribution in [-0.2, 0) is 13.2 Å². The molecule has 5 heteroatoms. The molecular weight excluding hydrogens is 388 g/mol. The summed E-state index contributed by atoms with van der Waals surface area (Å²) in [7, 11) is 0. The molecule has 4 rings (SSSR count). The molecule has 0 aliphatic heterocycles. The molecule has 0 amide bonds. The van der Waals surface area contributed by atoms with Crippen LogP contribution in [0.5, 0.6) is 5.75 Å². The standard InChI is InChI=1S/C23H25ClN2OS/c24-19-11-9-18(10-12-19)22-16-28-23(26-22)15-27-21-8-4-5-17(13-21)14-25-20-6-2-1-3-7-20/h4-5,8-13,16,20,25H,1-3,6-7,14-15H2. The van der Waals surface area contributed by atoms with Crippen molar-refractivity contribution >= 4 is 22.9 Å². The van der Waals surface area contributed by atoms with E-state index in [1.54, 1.807) is 11.3 Å². The maximum Gasteiger partial charge on any atom is 0.140 e. The molecule has 2 aromatic carbocycles. The van der Waals surface area contributed by atoms with Gasteiger partial charge in [-0.25, -0.2) is 4.98 Å². The molecule has 1 aromatic heterocycles. The molecule has 1 aliphatic carbocycles. The zero-order valence-corrected chi connectivity index (χ0v) is 17.4. The second-order valence-corrected chi connectivity index (χ2v) is 8.66. The summed E-state index contributed by atoms with van der Waals surface area (Å²) in [6.45, 7) is 1.39. The lowest BCUT2D eigenvalue weighted by Crippen LogP contribution is -2.30. The van der Waals surface area contributed by atoms with Crippen molar-refractivity contribution in [3.63, 3.8) is 0 Å². The number of nitrogens with one attached hydrogen (secondary N) is 1. The predicted molar refractivity (Wildman–Crippen MR) is 117 cm³/mol. The lowest BCUT2D eigenvalue weighted by molar-refractivity contribution is 0.305. The second-order valence-electron chi connectivity index (χ2n) is 7.29. The molecule has 3 nitrogen and oxygen atoms in total. The lowest BCUT2D eigenvalue weighted by atomic mass is 9.95. The molecule has 1 heterocycles. The van der Waals surface area contributed by atoms with Gasteiger partial charge in [-0.15, -0.1) is 11.3 Å². The van der Waals surface area contributed by atoms with Crippen molar-refractivity contribution in [1.29, 1.82) is 0 Å².